The molecule has 0 spiro atoms. The Labute approximate surface area is 127 Å². The summed E-state index contributed by atoms with van der Waals surface area (Å²) < 4.78 is 11.6. The Kier molecular flexibility index (Phi) is 8.54. The number of nitrogens with two attached hydrogens (primary N) is 1. The Morgan fingerprint density at radius 1 is 1.42 bits per heavy atom. The van der Waals surface area contributed by atoms with Crippen molar-refractivity contribution in [1.29, 1.82) is 0 Å². The SMILES string of the molecule is CCOc1cc(CNC)cc(Br)c1OCC(N)=O.Cl. The Balaban J connectivity index is 0.00000324. The number of halogens is 2. The highest BCUT2D eigenvalue weighted by atomic mass is 79.9. The zero-order valence-electron chi connectivity index (χ0n) is 10.9. The van der Waals surface area contributed by atoms with Gasteiger partial charge in [-0.2, -0.15) is 0 Å². The first-order valence-corrected chi connectivity index (χ1v) is 6.38. The van der Waals surface area contributed by atoms with E-state index in [-0.39, 0.29) is 19.0 Å². The minimum atomic E-state index is -0.524. The third kappa shape index (κ3) is 5.67. The van der Waals surface area contributed by atoms with Crippen LogP contribution in [0.4, 0.5) is 0 Å². The van der Waals surface area contributed by atoms with E-state index in [2.05, 4.69) is 21.2 Å². The number of ether oxygens (including phenoxy) is 2. The normalized spacial score (nSPS) is 9.63. The molecule has 0 radical (unpaired) electrons. The van der Waals surface area contributed by atoms with Crippen LogP contribution in [0, 0.1) is 0 Å². The highest BCUT2D eigenvalue weighted by molar-refractivity contribution is 9.10. The van der Waals surface area contributed by atoms with Gasteiger partial charge in [0.25, 0.3) is 5.91 Å². The van der Waals surface area contributed by atoms with Gasteiger partial charge in [0, 0.05) is 6.54 Å². The Bertz CT molecular complexity index is 430. The number of carbonyl (C=O) groups excluding carboxylic acids is 1. The van der Waals surface area contributed by atoms with E-state index in [1.807, 2.05) is 26.1 Å². The average molecular weight is 354 g/mol. The third-order valence-electron chi connectivity index (χ3n) is 2.11. The van der Waals surface area contributed by atoms with E-state index in [4.69, 9.17) is 15.2 Å². The molecule has 0 aliphatic heterocycles. The molecule has 0 saturated heterocycles. The van der Waals surface area contributed by atoms with Crippen molar-refractivity contribution >= 4 is 34.2 Å². The standard InChI is InChI=1S/C12H17BrN2O3.ClH/c1-3-17-10-5-8(6-15-2)4-9(13)12(10)18-7-11(14)16;/h4-5,15H,3,6-7H2,1-2H3,(H2,14,16);1H. The number of primary amides is 1. The lowest BCUT2D eigenvalue weighted by Crippen LogP contribution is -2.20. The van der Waals surface area contributed by atoms with Crippen molar-refractivity contribution in [3.8, 4) is 11.5 Å². The maximum atomic E-state index is 10.8. The fourth-order valence-corrected chi connectivity index (χ4v) is 2.08. The number of carbonyl (C=O) groups is 1. The van der Waals surface area contributed by atoms with E-state index in [0.29, 0.717) is 18.1 Å². The summed E-state index contributed by atoms with van der Waals surface area (Å²) in [6, 6.07) is 3.79. The average Bonchev–Trinajstić information content (AvgIpc) is 2.28. The van der Waals surface area contributed by atoms with Crippen LogP contribution in [0.5, 0.6) is 11.5 Å². The number of nitrogens with one attached hydrogen (secondary N) is 1. The molecule has 1 aromatic carbocycles. The van der Waals surface area contributed by atoms with Gasteiger partial charge in [0.2, 0.25) is 0 Å². The molecular formula is C12H18BrClN2O3. The van der Waals surface area contributed by atoms with Crippen LogP contribution in [0.1, 0.15) is 12.5 Å². The van der Waals surface area contributed by atoms with Gasteiger partial charge in [0.05, 0.1) is 11.1 Å². The predicted molar refractivity (Wildman–Crippen MR) is 80.0 cm³/mol. The molecule has 7 heteroatoms. The molecule has 1 rings (SSSR count). The zero-order valence-corrected chi connectivity index (χ0v) is 13.3. The van der Waals surface area contributed by atoms with Gasteiger partial charge in [-0.25, -0.2) is 0 Å². The highest BCUT2D eigenvalue weighted by Gasteiger charge is 2.13. The molecule has 19 heavy (non-hydrogen) atoms. The monoisotopic (exact) mass is 352 g/mol. The van der Waals surface area contributed by atoms with E-state index in [1.54, 1.807) is 0 Å². The smallest absolute Gasteiger partial charge is 0.255 e. The summed E-state index contributed by atoms with van der Waals surface area (Å²) in [5.74, 6) is 0.567. The fraction of sp³-hybridized carbons (Fsp3) is 0.417. The van der Waals surface area contributed by atoms with Gasteiger partial charge >= 0.3 is 0 Å². The third-order valence-corrected chi connectivity index (χ3v) is 2.70. The second-order valence-electron chi connectivity index (χ2n) is 3.62. The van der Waals surface area contributed by atoms with Crippen molar-refractivity contribution in [2.75, 3.05) is 20.3 Å². The minimum absolute atomic E-state index is 0. The van der Waals surface area contributed by atoms with E-state index >= 15 is 0 Å². The molecule has 0 bridgehead atoms. The molecule has 1 amide bonds. The number of hydrogen-bond acceptors (Lipinski definition) is 4. The molecule has 1 aromatic rings. The molecule has 0 saturated carbocycles. The van der Waals surface area contributed by atoms with Crippen LogP contribution < -0.4 is 20.5 Å². The summed E-state index contributed by atoms with van der Waals surface area (Å²) in [5.41, 5.74) is 6.12. The quantitative estimate of drug-likeness (QED) is 0.784. The van der Waals surface area contributed by atoms with Crippen LogP contribution in [0.3, 0.4) is 0 Å². The van der Waals surface area contributed by atoms with Crippen LogP contribution in [0.2, 0.25) is 0 Å². The van der Waals surface area contributed by atoms with Crippen LogP contribution in [-0.4, -0.2) is 26.2 Å². The lowest BCUT2D eigenvalue weighted by atomic mass is 10.2. The van der Waals surface area contributed by atoms with Gasteiger partial charge in [-0.1, -0.05) is 0 Å². The van der Waals surface area contributed by atoms with E-state index in [0.717, 1.165) is 16.6 Å². The first kappa shape index (κ1) is 18.0. The molecule has 0 fully saturated rings. The van der Waals surface area contributed by atoms with Crippen molar-refractivity contribution < 1.29 is 14.3 Å². The Hall–Kier alpha value is -0.980. The Morgan fingerprint density at radius 2 is 2.11 bits per heavy atom. The Morgan fingerprint density at radius 3 is 2.63 bits per heavy atom. The lowest BCUT2D eigenvalue weighted by molar-refractivity contribution is -0.119. The van der Waals surface area contributed by atoms with Crippen LogP contribution >= 0.6 is 28.3 Å². The predicted octanol–water partition coefficient (Wildman–Crippen LogP) is 1.85. The van der Waals surface area contributed by atoms with E-state index < -0.39 is 5.91 Å². The molecule has 0 aliphatic carbocycles. The second-order valence-corrected chi connectivity index (χ2v) is 4.48. The number of hydrogen-bond donors (Lipinski definition) is 2. The maximum Gasteiger partial charge on any atom is 0.255 e. The lowest BCUT2D eigenvalue weighted by Gasteiger charge is -2.14. The molecular weight excluding hydrogens is 336 g/mol. The zero-order chi connectivity index (χ0) is 13.5. The van der Waals surface area contributed by atoms with E-state index in [9.17, 15) is 4.79 Å². The summed E-state index contributed by atoms with van der Waals surface area (Å²) >= 11 is 3.40. The molecule has 0 unspecified atom stereocenters. The van der Waals surface area contributed by atoms with Crippen LogP contribution in [0.25, 0.3) is 0 Å². The van der Waals surface area contributed by atoms with Crippen LogP contribution in [-0.2, 0) is 11.3 Å². The fourth-order valence-electron chi connectivity index (χ4n) is 1.47. The minimum Gasteiger partial charge on any atom is -0.490 e. The molecule has 3 N–H and O–H groups in total. The highest BCUT2D eigenvalue weighted by Crippen LogP contribution is 2.36. The van der Waals surface area contributed by atoms with Crippen molar-refractivity contribution in [3.05, 3.63) is 22.2 Å². The first-order chi connectivity index (χ1) is 8.58. The van der Waals surface area contributed by atoms with Gasteiger partial charge in [-0.3, -0.25) is 4.79 Å². The van der Waals surface area contributed by atoms with Gasteiger partial charge in [0.15, 0.2) is 18.1 Å². The van der Waals surface area contributed by atoms with Gasteiger partial charge in [0.1, 0.15) is 0 Å². The van der Waals surface area contributed by atoms with E-state index in [1.165, 1.54) is 0 Å². The summed E-state index contributed by atoms with van der Waals surface area (Å²) in [6.07, 6.45) is 0. The van der Waals surface area contributed by atoms with Crippen molar-refractivity contribution in [1.82, 2.24) is 5.32 Å². The van der Waals surface area contributed by atoms with Crippen molar-refractivity contribution in [3.63, 3.8) is 0 Å². The number of rotatable bonds is 7. The molecule has 0 atom stereocenters. The molecule has 108 valence electrons. The molecule has 0 aliphatic rings. The van der Waals surface area contributed by atoms with Gasteiger partial charge in [-0.05, 0) is 47.6 Å². The topological polar surface area (TPSA) is 73.6 Å². The number of amides is 1. The van der Waals surface area contributed by atoms with Crippen LogP contribution in [0.15, 0.2) is 16.6 Å². The maximum absolute atomic E-state index is 10.8. The van der Waals surface area contributed by atoms with Gasteiger partial charge in [-0.15, -0.1) is 12.4 Å². The first-order valence-electron chi connectivity index (χ1n) is 5.59. The molecule has 5 nitrogen and oxygen atoms in total. The summed E-state index contributed by atoms with van der Waals surface area (Å²) in [6.45, 7) is 2.94. The number of benzene rings is 1. The van der Waals surface area contributed by atoms with Crippen molar-refractivity contribution in [2.24, 2.45) is 5.73 Å². The largest absolute Gasteiger partial charge is 0.490 e. The van der Waals surface area contributed by atoms with Gasteiger partial charge < -0.3 is 20.5 Å². The molecule has 0 aromatic heterocycles. The summed E-state index contributed by atoms with van der Waals surface area (Å²) in [7, 11) is 1.87. The summed E-state index contributed by atoms with van der Waals surface area (Å²) in [4.78, 5) is 10.8. The summed E-state index contributed by atoms with van der Waals surface area (Å²) in [5, 5.41) is 3.06. The second kappa shape index (κ2) is 9.01. The van der Waals surface area contributed by atoms with Crippen molar-refractivity contribution in [2.45, 2.75) is 13.5 Å². The molecule has 0 heterocycles.